The average molecular weight is 270 g/mol. The van der Waals surface area contributed by atoms with Crippen LogP contribution in [-0.2, 0) is 0 Å². The number of hydrogen-bond donors (Lipinski definition) is 0. The van der Waals surface area contributed by atoms with Gasteiger partial charge in [0, 0.05) is 11.8 Å². The molecule has 2 fully saturated rings. The molecule has 3 aliphatic rings. The fourth-order valence-electron chi connectivity index (χ4n) is 3.45. The molecule has 0 amide bonds. The third kappa shape index (κ3) is 2.90. The Labute approximate surface area is 119 Å². The molecule has 5 radical (unpaired) electrons. The molecule has 0 bridgehead atoms. The fourth-order valence-corrected chi connectivity index (χ4v) is 6.44. The molecule has 2 aliphatic carbocycles. The van der Waals surface area contributed by atoms with Crippen LogP contribution in [0, 0.1) is 30.6 Å². The zero-order valence-electron chi connectivity index (χ0n) is 12.2. The minimum Gasteiger partial charge on any atom is -0.324 e. The summed E-state index contributed by atoms with van der Waals surface area (Å²) < 4.78 is 2.82. The second-order valence-electron chi connectivity index (χ2n) is 6.48. The Balaban J connectivity index is 1.63. The first-order valence-electron chi connectivity index (χ1n) is 7.55. The molecule has 3 rings (SSSR count). The quantitative estimate of drug-likeness (QED) is 0.702. The average Bonchev–Trinajstić information content (AvgIpc) is 2.83. The lowest BCUT2D eigenvalue weighted by Gasteiger charge is -2.41. The van der Waals surface area contributed by atoms with E-state index in [0.29, 0.717) is 0 Å². The Morgan fingerprint density at radius 1 is 1.00 bits per heavy atom. The lowest BCUT2D eigenvalue weighted by molar-refractivity contribution is 0.343. The lowest BCUT2D eigenvalue weighted by Crippen LogP contribution is -2.51. The van der Waals surface area contributed by atoms with Crippen molar-refractivity contribution >= 4 is 8.24 Å². The highest BCUT2D eigenvalue weighted by Gasteiger charge is 2.41. The smallest absolute Gasteiger partial charge is 0.122 e. The maximum absolute atomic E-state index is 2.82. The molecule has 0 aromatic rings. The van der Waals surface area contributed by atoms with Gasteiger partial charge in [-0.05, 0) is 50.7 Å². The van der Waals surface area contributed by atoms with Crippen LogP contribution < -0.4 is 0 Å². The highest BCUT2D eigenvalue weighted by atomic mass is 28.3. The molecule has 0 aromatic carbocycles. The third-order valence-corrected chi connectivity index (χ3v) is 8.01. The van der Waals surface area contributed by atoms with Crippen LogP contribution in [0.5, 0.6) is 0 Å². The van der Waals surface area contributed by atoms with E-state index in [4.69, 9.17) is 0 Å². The Kier molecular flexibility index (Phi) is 4.00. The van der Waals surface area contributed by atoms with Crippen molar-refractivity contribution in [3.63, 3.8) is 0 Å². The molecule has 101 valence electrons. The molecule has 1 saturated heterocycles. The van der Waals surface area contributed by atoms with E-state index in [0.717, 1.165) is 0 Å². The second kappa shape index (κ2) is 5.57. The van der Waals surface area contributed by atoms with Crippen molar-refractivity contribution in [3.8, 4) is 0 Å². The predicted molar refractivity (Wildman–Crippen MR) is 84.3 cm³/mol. The molecule has 1 saturated carbocycles. The van der Waals surface area contributed by atoms with Crippen molar-refractivity contribution in [3.05, 3.63) is 54.9 Å². The van der Waals surface area contributed by atoms with E-state index in [2.05, 4.69) is 54.8 Å². The van der Waals surface area contributed by atoms with Crippen LogP contribution in [0.1, 0.15) is 19.3 Å². The second-order valence-corrected chi connectivity index (χ2v) is 11.1. The van der Waals surface area contributed by atoms with Gasteiger partial charge >= 0.3 is 0 Å². The number of rotatable bonds is 3. The van der Waals surface area contributed by atoms with Crippen molar-refractivity contribution in [1.82, 2.24) is 4.57 Å². The van der Waals surface area contributed by atoms with Crippen LogP contribution in [0.2, 0.25) is 19.1 Å². The number of hydrogen-bond acceptors (Lipinski definition) is 1. The molecule has 19 heavy (non-hydrogen) atoms. The minimum atomic E-state index is -1.29. The summed E-state index contributed by atoms with van der Waals surface area (Å²) in [6.07, 6.45) is 17.7. The summed E-state index contributed by atoms with van der Waals surface area (Å²) in [5.74, 6) is 4.44. The normalized spacial score (nSPS) is 27.1. The Morgan fingerprint density at radius 3 is 2.53 bits per heavy atom. The fraction of sp³-hybridized carbons (Fsp3) is 0.471. The first-order valence-corrected chi connectivity index (χ1v) is 10.7. The summed E-state index contributed by atoms with van der Waals surface area (Å²) in [7, 11) is -1.29. The highest BCUT2D eigenvalue weighted by Crippen LogP contribution is 2.47. The summed E-state index contributed by atoms with van der Waals surface area (Å²) in [6.45, 7) is 7.75. The van der Waals surface area contributed by atoms with Crippen LogP contribution in [0.25, 0.3) is 0 Å². The van der Waals surface area contributed by atoms with E-state index in [-0.39, 0.29) is 0 Å². The van der Waals surface area contributed by atoms with E-state index in [1.807, 2.05) is 0 Å². The number of nitrogens with zero attached hydrogens (tertiary/aromatic N) is 1. The third-order valence-electron chi connectivity index (χ3n) is 4.61. The van der Waals surface area contributed by atoms with E-state index in [1.165, 1.54) is 50.2 Å². The molecule has 1 aliphatic heterocycles. The van der Waals surface area contributed by atoms with Crippen molar-refractivity contribution in [2.75, 3.05) is 13.1 Å². The van der Waals surface area contributed by atoms with Gasteiger partial charge in [-0.3, -0.25) is 0 Å². The largest absolute Gasteiger partial charge is 0.324 e. The molecular formula is C17H24NSi. The highest BCUT2D eigenvalue weighted by molar-refractivity contribution is 6.75. The first kappa shape index (κ1) is 13.6. The van der Waals surface area contributed by atoms with Gasteiger partial charge < -0.3 is 4.57 Å². The van der Waals surface area contributed by atoms with Crippen LogP contribution in [0.3, 0.4) is 0 Å². The molecule has 2 heteroatoms. The van der Waals surface area contributed by atoms with E-state index >= 15 is 0 Å². The number of fused-ring (bicyclic) bond motifs is 1. The summed E-state index contributed by atoms with van der Waals surface area (Å²) in [4.78, 5) is 0. The van der Waals surface area contributed by atoms with Gasteiger partial charge in [0.25, 0.3) is 0 Å². The predicted octanol–water partition coefficient (Wildman–Crippen LogP) is 3.95. The SMILES string of the molecule is C[Si](C)(C[C]1[CH][CH][C]2C=CC=C[C]21)N1CCCCC1. The number of piperidine rings is 1. The zero-order valence-corrected chi connectivity index (χ0v) is 13.2. The summed E-state index contributed by atoms with van der Waals surface area (Å²) >= 11 is 0. The van der Waals surface area contributed by atoms with Crippen molar-refractivity contribution in [1.29, 1.82) is 0 Å². The molecule has 0 N–H and O–H groups in total. The number of allylic oxidation sites excluding steroid dienone is 4. The molecule has 0 spiro atoms. The van der Waals surface area contributed by atoms with Crippen LogP contribution in [0.15, 0.2) is 24.3 Å². The molecule has 0 aromatic heterocycles. The summed E-state index contributed by atoms with van der Waals surface area (Å²) in [5, 5.41) is 0. The van der Waals surface area contributed by atoms with Crippen LogP contribution >= 0.6 is 0 Å². The van der Waals surface area contributed by atoms with Gasteiger partial charge in [-0.1, -0.05) is 43.8 Å². The van der Waals surface area contributed by atoms with Gasteiger partial charge in [-0.15, -0.1) is 0 Å². The van der Waals surface area contributed by atoms with Crippen molar-refractivity contribution < 1.29 is 0 Å². The molecular weight excluding hydrogens is 246 g/mol. The van der Waals surface area contributed by atoms with E-state index in [9.17, 15) is 0 Å². The molecule has 0 atom stereocenters. The Morgan fingerprint density at radius 2 is 1.74 bits per heavy atom. The Hall–Kier alpha value is -0.343. The summed E-state index contributed by atoms with van der Waals surface area (Å²) in [5.41, 5.74) is 0. The topological polar surface area (TPSA) is 3.24 Å². The van der Waals surface area contributed by atoms with Gasteiger partial charge in [-0.2, -0.15) is 0 Å². The maximum Gasteiger partial charge on any atom is 0.122 e. The van der Waals surface area contributed by atoms with Gasteiger partial charge in [0.15, 0.2) is 0 Å². The van der Waals surface area contributed by atoms with Gasteiger partial charge in [0.05, 0.1) is 0 Å². The van der Waals surface area contributed by atoms with Crippen LogP contribution in [-0.4, -0.2) is 25.9 Å². The Bertz CT molecular complexity index is 365. The monoisotopic (exact) mass is 270 g/mol. The van der Waals surface area contributed by atoms with E-state index < -0.39 is 8.24 Å². The lowest BCUT2D eigenvalue weighted by atomic mass is 9.87. The first-order chi connectivity index (χ1) is 9.17. The van der Waals surface area contributed by atoms with Crippen LogP contribution in [0.4, 0.5) is 0 Å². The zero-order chi connectivity index (χ0) is 13.3. The molecule has 1 nitrogen and oxygen atoms in total. The van der Waals surface area contributed by atoms with Gasteiger partial charge in [0.2, 0.25) is 0 Å². The van der Waals surface area contributed by atoms with Gasteiger partial charge in [-0.25, -0.2) is 0 Å². The minimum absolute atomic E-state index is 1.29. The van der Waals surface area contributed by atoms with E-state index in [1.54, 1.807) is 5.92 Å². The molecule has 0 unspecified atom stereocenters. The van der Waals surface area contributed by atoms with Crippen molar-refractivity contribution in [2.24, 2.45) is 0 Å². The van der Waals surface area contributed by atoms with Gasteiger partial charge in [0.1, 0.15) is 8.24 Å². The summed E-state index contributed by atoms with van der Waals surface area (Å²) in [6, 6.07) is 1.29. The van der Waals surface area contributed by atoms with Crippen molar-refractivity contribution in [2.45, 2.75) is 38.4 Å². The standard InChI is InChI=1S/C17H24NSi/c1-19(2,18-12-6-3-7-13-18)14-16-11-10-15-8-4-5-9-17(15)16/h4-5,8-11H,3,6-7,12-14H2,1-2H3. The molecule has 1 heterocycles. The maximum atomic E-state index is 2.82.